The summed E-state index contributed by atoms with van der Waals surface area (Å²) in [6, 6.07) is 9.42. The molecule has 0 aromatic heterocycles. The Bertz CT molecular complexity index is 872. The Hall–Kier alpha value is -1.94. The highest BCUT2D eigenvalue weighted by Crippen LogP contribution is 2.66. The van der Waals surface area contributed by atoms with Crippen LogP contribution in [0.5, 0.6) is 0 Å². The summed E-state index contributed by atoms with van der Waals surface area (Å²) in [7, 11) is 0. The second-order valence-electron chi connectivity index (χ2n) is 8.26. The van der Waals surface area contributed by atoms with Crippen LogP contribution in [-0.2, 0) is 14.9 Å². The van der Waals surface area contributed by atoms with Gasteiger partial charge in [-0.3, -0.25) is 14.7 Å². The van der Waals surface area contributed by atoms with Crippen LogP contribution in [0.1, 0.15) is 32.3 Å². The van der Waals surface area contributed by atoms with E-state index in [0.717, 1.165) is 25.1 Å². The minimum atomic E-state index is -0.184. The lowest BCUT2D eigenvalue weighted by Crippen LogP contribution is -2.64. The first-order chi connectivity index (χ1) is 12.1. The van der Waals surface area contributed by atoms with Crippen molar-refractivity contribution in [1.82, 2.24) is 4.90 Å². The molecule has 1 spiro atoms. The molecule has 1 saturated carbocycles. The molecule has 1 aliphatic carbocycles. The zero-order chi connectivity index (χ0) is 16.9. The number of hydrogen-bond donors (Lipinski definition) is 0. The molecule has 7 unspecified atom stereocenters. The molecule has 0 amide bonds. The molecule has 1 aromatic rings. The van der Waals surface area contributed by atoms with Crippen molar-refractivity contribution in [2.45, 2.75) is 50.3 Å². The Morgan fingerprint density at radius 1 is 1.40 bits per heavy atom. The van der Waals surface area contributed by atoms with E-state index in [9.17, 15) is 4.79 Å². The summed E-state index contributed by atoms with van der Waals surface area (Å²) in [5, 5.41) is 0. The van der Waals surface area contributed by atoms with Gasteiger partial charge in [-0.05, 0) is 37.3 Å². The highest BCUT2D eigenvalue weighted by molar-refractivity contribution is 6.08. The number of carbonyl (C=O) groups is 1. The lowest BCUT2D eigenvalue weighted by atomic mass is 9.66. The predicted molar refractivity (Wildman–Crippen MR) is 95.0 cm³/mol. The molecule has 7 atom stereocenters. The summed E-state index contributed by atoms with van der Waals surface area (Å²) in [6.45, 7) is 4.77. The van der Waals surface area contributed by atoms with Crippen molar-refractivity contribution in [2.24, 2.45) is 16.8 Å². The summed E-state index contributed by atoms with van der Waals surface area (Å²) in [6.07, 6.45) is 4.40. The van der Waals surface area contributed by atoms with Gasteiger partial charge in [0.25, 0.3) is 0 Å². The van der Waals surface area contributed by atoms with Crippen LogP contribution in [0.2, 0.25) is 0 Å². The number of carbonyl (C=O) groups excluding carboxylic acids is 1. The zero-order valence-electron chi connectivity index (χ0n) is 14.6. The van der Waals surface area contributed by atoms with Gasteiger partial charge in [-0.15, -0.1) is 0 Å². The van der Waals surface area contributed by atoms with Gasteiger partial charge in [0.2, 0.25) is 0 Å². The van der Waals surface area contributed by atoms with Crippen molar-refractivity contribution >= 4 is 17.4 Å². The number of allylic oxidation sites excluding steroid dienone is 1. The molecular formula is C21H22N2O2. The Kier molecular flexibility index (Phi) is 2.52. The number of rotatable bonds is 1. The van der Waals surface area contributed by atoms with Gasteiger partial charge in [0.15, 0.2) is 0 Å². The maximum atomic E-state index is 12.0. The Morgan fingerprint density at radius 2 is 2.24 bits per heavy atom. The van der Waals surface area contributed by atoms with Crippen molar-refractivity contribution in [3.8, 4) is 0 Å². The molecule has 0 N–H and O–H groups in total. The molecule has 5 heterocycles. The van der Waals surface area contributed by atoms with Gasteiger partial charge in [-0.1, -0.05) is 29.8 Å². The van der Waals surface area contributed by atoms with Crippen molar-refractivity contribution in [1.29, 1.82) is 0 Å². The molecule has 128 valence electrons. The molecule has 6 aliphatic rings. The monoisotopic (exact) mass is 334 g/mol. The number of hydrogen-bond acceptors (Lipinski definition) is 4. The molecule has 5 fully saturated rings. The highest BCUT2D eigenvalue weighted by atomic mass is 16.5. The third-order valence-electron chi connectivity index (χ3n) is 7.48. The van der Waals surface area contributed by atoms with Crippen molar-refractivity contribution in [3.05, 3.63) is 41.5 Å². The lowest BCUT2D eigenvalue weighted by molar-refractivity contribution is -0.152. The van der Waals surface area contributed by atoms with Gasteiger partial charge in [0, 0.05) is 25.4 Å². The first-order valence-electron chi connectivity index (χ1n) is 9.42. The van der Waals surface area contributed by atoms with Crippen molar-refractivity contribution in [3.63, 3.8) is 0 Å². The van der Waals surface area contributed by atoms with Gasteiger partial charge >= 0.3 is 5.97 Å². The van der Waals surface area contributed by atoms with Gasteiger partial charge in [0.1, 0.15) is 6.10 Å². The molecule has 0 radical (unpaired) electrons. The molecule has 4 nitrogen and oxygen atoms in total. The third-order valence-corrected chi connectivity index (χ3v) is 7.48. The minimum Gasteiger partial charge on any atom is -0.461 e. The molecule has 7 rings (SSSR count). The number of aliphatic imine (C=N–C) groups is 1. The predicted octanol–water partition coefficient (Wildman–Crippen LogP) is 2.99. The maximum Gasteiger partial charge on any atom is 0.302 e. The fraction of sp³-hybridized carbons (Fsp3) is 0.524. The molecular weight excluding hydrogens is 312 g/mol. The zero-order valence-corrected chi connectivity index (χ0v) is 14.6. The Morgan fingerprint density at radius 3 is 3.04 bits per heavy atom. The van der Waals surface area contributed by atoms with Crippen LogP contribution in [-0.4, -0.2) is 41.3 Å². The lowest BCUT2D eigenvalue weighted by Gasteiger charge is -2.55. The van der Waals surface area contributed by atoms with E-state index in [4.69, 9.17) is 9.73 Å². The van der Waals surface area contributed by atoms with E-state index in [2.05, 4.69) is 42.2 Å². The fourth-order valence-electron chi connectivity index (χ4n) is 6.78. The van der Waals surface area contributed by atoms with Crippen LogP contribution in [0.4, 0.5) is 5.69 Å². The van der Waals surface area contributed by atoms with E-state index < -0.39 is 0 Å². The largest absolute Gasteiger partial charge is 0.461 e. The molecule has 4 saturated heterocycles. The smallest absolute Gasteiger partial charge is 0.302 e. The van der Waals surface area contributed by atoms with Crippen LogP contribution >= 0.6 is 0 Å². The molecule has 4 heteroatoms. The average molecular weight is 334 g/mol. The van der Waals surface area contributed by atoms with E-state index in [1.807, 2.05) is 0 Å². The van der Waals surface area contributed by atoms with Crippen LogP contribution in [0.25, 0.3) is 0 Å². The van der Waals surface area contributed by atoms with Crippen molar-refractivity contribution in [2.75, 3.05) is 6.54 Å². The van der Waals surface area contributed by atoms with Crippen LogP contribution in [0.15, 0.2) is 40.9 Å². The second-order valence-corrected chi connectivity index (χ2v) is 8.26. The number of esters is 1. The summed E-state index contributed by atoms with van der Waals surface area (Å²) in [5.74, 6) is 0.778. The van der Waals surface area contributed by atoms with Gasteiger partial charge in [-0.25, -0.2) is 0 Å². The number of para-hydroxylation sites is 1. The van der Waals surface area contributed by atoms with Gasteiger partial charge < -0.3 is 4.74 Å². The molecule has 25 heavy (non-hydrogen) atoms. The van der Waals surface area contributed by atoms with Gasteiger partial charge in [0.05, 0.1) is 22.9 Å². The van der Waals surface area contributed by atoms with E-state index in [-0.39, 0.29) is 17.5 Å². The highest BCUT2D eigenvalue weighted by Gasteiger charge is 2.73. The summed E-state index contributed by atoms with van der Waals surface area (Å²) >= 11 is 0. The Labute approximate surface area is 147 Å². The van der Waals surface area contributed by atoms with E-state index in [0.29, 0.717) is 23.9 Å². The second kappa shape index (κ2) is 4.42. The normalized spacial score (nSPS) is 46.2. The topological polar surface area (TPSA) is 41.9 Å². The van der Waals surface area contributed by atoms with Crippen molar-refractivity contribution < 1.29 is 9.53 Å². The summed E-state index contributed by atoms with van der Waals surface area (Å²) in [4.78, 5) is 19.8. The quantitative estimate of drug-likeness (QED) is 0.586. The summed E-state index contributed by atoms with van der Waals surface area (Å²) in [5.41, 5.74) is 5.00. The Balaban J connectivity index is 1.62. The first kappa shape index (κ1) is 14.3. The number of fused-ring (bicyclic) bond motifs is 2. The van der Waals surface area contributed by atoms with Crippen LogP contribution < -0.4 is 0 Å². The fourth-order valence-corrected chi connectivity index (χ4v) is 6.78. The number of benzene rings is 1. The van der Waals surface area contributed by atoms with Gasteiger partial charge in [-0.2, -0.15) is 0 Å². The van der Waals surface area contributed by atoms with Crippen LogP contribution in [0, 0.1) is 11.8 Å². The number of ether oxygens (including phenoxy) is 1. The maximum absolute atomic E-state index is 12.0. The average Bonchev–Trinajstić information content (AvgIpc) is 3.09. The molecule has 5 aliphatic heterocycles. The standard InChI is InChI=1S/C21H22N2O2/c1-3-12-10-23-16-8-13(12)18-17(23)9-21(20(18)25-11(2)24)14-6-4-5-7-15(14)22-19(16)21/h3-7,13,16-18,20H,8-10H2,1-2H3. The van der Waals surface area contributed by atoms with Crippen LogP contribution in [0.3, 0.4) is 0 Å². The van der Waals surface area contributed by atoms with E-state index >= 15 is 0 Å². The number of piperidine rings is 4. The molecule has 1 aromatic carbocycles. The summed E-state index contributed by atoms with van der Waals surface area (Å²) < 4.78 is 6.09. The third kappa shape index (κ3) is 1.46. The van der Waals surface area contributed by atoms with E-state index in [1.165, 1.54) is 16.8 Å². The van der Waals surface area contributed by atoms with E-state index in [1.54, 1.807) is 6.92 Å². The minimum absolute atomic E-state index is 0.0763. The first-order valence-corrected chi connectivity index (χ1v) is 9.42. The number of nitrogens with zero attached hydrogens (tertiary/aromatic N) is 2. The molecule has 5 bridgehead atoms. The SMILES string of the molecule is CC=C1CN2C3CC1C1C2CC2(C3=Nc3ccccc32)C1OC(C)=O.